The van der Waals surface area contributed by atoms with Gasteiger partial charge in [0.25, 0.3) is 17.0 Å². The van der Waals surface area contributed by atoms with Gasteiger partial charge in [0, 0.05) is 10.3 Å². The highest BCUT2D eigenvalue weighted by atomic mass is 35.5. The Kier molecular flexibility index (Phi) is 4.73. The monoisotopic (exact) mass is 454 g/mol. The summed E-state index contributed by atoms with van der Waals surface area (Å²) >= 11 is 12.4. The molecule has 30 heavy (non-hydrogen) atoms. The van der Waals surface area contributed by atoms with Crippen LogP contribution in [0.1, 0.15) is 34.9 Å². The van der Waals surface area contributed by atoms with Crippen molar-refractivity contribution >= 4 is 23.2 Å². The third kappa shape index (κ3) is 3.85. The van der Waals surface area contributed by atoms with Crippen molar-refractivity contribution in [3.05, 3.63) is 76.5 Å². The van der Waals surface area contributed by atoms with Crippen LogP contribution in [0.4, 0.5) is 4.39 Å². The van der Waals surface area contributed by atoms with Crippen molar-refractivity contribution in [2.45, 2.75) is 19.7 Å². The average Bonchev–Trinajstić information content (AvgIpc) is 2.71. The first-order valence-corrected chi connectivity index (χ1v) is 8.82. The van der Waals surface area contributed by atoms with Crippen molar-refractivity contribution in [2.24, 2.45) is 0 Å². The van der Waals surface area contributed by atoms with E-state index >= 15 is 0 Å². The molecule has 0 fully saturated rings. The van der Waals surface area contributed by atoms with Gasteiger partial charge in [-0.15, -0.1) is 5.10 Å². The topological polar surface area (TPSA) is 134 Å². The molecule has 2 heterocycles. The Morgan fingerprint density at radius 1 is 1.30 bits per heavy atom. The van der Waals surface area contributed by atoms with E-state index in [9.17, 15) is 18.8 Å². The van der Waals surface area contributed by atoms with Gasteiger partial charge in [0.05, 0.1) is 21.3 Å². The zero-order valence-electron chi connectivity index (χ0n) is 17.9. The van der Waals surface area contributed by atoms with Crippen LogP contribution in [0.2, 0.25) is 10.0 Å². The summed E-state index contributed by atoms with van der Waals surface area (Å²) in [6.45, 7) is -1.52. The fourth-order valence-electron chi connectivity index (χ4n) is 2.50. The number of nitrogens with zero attached hydrogens (tertiary/aromatic N) is 3. The van der Waals surface area contributed by atoms with Crippen molar-refractivity contribution in [1.29, 1.82) is 5.26 Å². The molecule has 0 saturated carbocycles. The van der Waals surface area contributed by atoms with Gasteiger partial charge in [-0.05, 0) is 18.1 Å². The van der Waals surface area contributed by atoms with Crippen LogP contribution in [0, 0.1) is 17.1 Å². The minimum absolute atomic E-state index is 0.0433. The molecule has 0 amide bonds. The number of nitrogens with one attached hydrogen (secondary N) is 2. The predicted molar refractivity (Wildman–Crippen MR) is 106 cm³/mol. The van der Waals surface area contributed by atoms with E-state index in [0.717, 1.165) is 17.7 Å². The van der Waals surface area contributed by atoms with Crippen LogP contribution in [0.15, 0.2) is 32.7 Å². The molecule has 2 N–H and O–H groups in total. The SMILES string of the molecule is [2H]C([2H])([2H])C(C)c1c(F)c(Oc2c(Cl)cc(-n3cc(C#N)c(=O)[nH]c3=O)cc2Cl)n[nH]c1=O. The summed E-state index contributed by atoms with van der Waals surface area (Å²) in [5.74, 6) is -3.88. The highest BCUT2D eigenvalue weighted by Gasteiger charge is 2.21. The summed E-state index contributed by atoms with van der Waals surface area (Å²) in [6.07, 6.45) is 0.981. The van der Waals surface area contributed by atoms with E-state index in [0.29, 0.717) is 0 Å². The van der Waals surface area contributed by atoms with E-state index < -0.39 is 46.8 Å². The minimum atomic E-state index is -2.67. The second-order valence-corrected chi connectivity index (χ2v) is 6.75. The average molecular weight is 455 g/mol. The van der Waals surface area contributed by atoms with Gasteiger partial charge in [-0.3, -0.25) is 19.1 Å². The molecule has 1 atom stereocenters. The predicted octanol–water partition coefficient (Wildman–Crippen LogP) is 2.84. The lowest BCUT2D eigenvalue weighted by Crippen LogP contribution is -2.30. The number of aromatic nitrogens is 4. The van der Waals surface area contributed by atoms with E-state index in [4.69, 9.17) is 37.3 Å². The number of ether oxygens (including phenoxy) is 1. The lowest BCUT2D eigenvalue weighted by atomic mass is 10.1. The Bertz CT molecular complexity index is 1450. The molecule has 9 nitrogen and oxygen atoms in total. The number of benzene rings is 1. The number of hydrogen-bond donors (Lipinski definition) is 2. The van der Waals surface area contributed by atoms with Crippen LogP contribution in [0.3, 0.4) is 0 Å². The molecule has 1 aromatic carbocycles. The molecule has 0 aliphatic rings. The molecule has 0 aliphatic carbocycles. The summed E-state index contributed by atoms with van der Waals surface area (Å²) in [5, 5.41) is 13.9. The lowest BCUT2D eigenvalue weighted by Gasteiger charge is -2.13. The molecule has 0 aliphatic heterocycles. The van der Waals surface area contributed by atoms with Gasteiger partial charge in [-0.2, -0.15) is 5.26 Å². The van der Waals surface area contributed by atoms with Crippen LogP contribution in [0.25, 0.3) is 5.69 Å². The van der Waals surface area contributed by atoms with E-state index in [-0.39, 0.29) is 27.0 Å². The lowest BCUT2D eigenvalue weighted by molar-refractivity contribution is 0.407. The number of aromatic amines is 2. The number of H-pyrrole nitrogens is 2. The maximum absolute atomic E-state index is 14.9. The fraction of sp³-hybridized carbons (Fsp3) is 0.167. The zero-order chi connectivity index (χ0) is 24.7. The molecule has 2 aromatic heterocycles. The van der Waals surface area contributed by atoms with Crippen molar-refractivity contribution < 1.29 is 13.2 Å². The van der Waals surface area contributed by atoms with Gasteiger partial charge in [-0.25, -0.2) is 14.3 Å². The van der Waals surface area contributed by atoms with Gasteiger partial charge >= 0.3 is 5.69 Å². The maximum atomic E-state index is 14.9. The summed E-state index contributed by atoms with van der Waals surface area (Å²) in [7, 11) is 0. The molecule has 3 rings (SSSR count). The Labute approximate surface area is 181 Å². The number of halogens is 3. The molecule has 154 valence electrons. The smallest absolute Gasteiger partial charge is 0.332 e. The van der Waals surface area contributed by atoms with Crippen molar-refractivity contribution in [3.63, 3.8) is 0 Å². The van der Waals surface area contributed by atoms with Gasteiger partial charge in [0.2, 0.25) is 0 Å². The van der Waals surface area contributed by atoms with Crippen LogP contribution >= 0.6 is 23.2 Å². The van der Waals surface area contributed by atoms with Gasteiger partial charge in [0.15, 0.2) is 11.6 Å². The fourth-order valence-corrected chi connectivity index (χ4v) is 3.06. The summed E-state index contributed by atoms with van der Waals surface area (Å²) < 4.78 is 43.4. The Morgan fingerprint density at radius 3 is 2.57 bits per heavy atom. The molecule has 12 heteroatoms. The summed E-state index contributed by atoms with van der Waals surface area (Å²) in [4.78, 5) is 37.6. The number of rotatable bonds is 4. The highest BCUT2D eigenvalue weighted by Crippen LogP contribution is 2.38. The van der Waals surface area contributed by atoms with Crippen LogP contribution in [-0.2, 0) is 0 Å². The van der Waals surface area contributed by atoms with Crippen molar-refractivity contribution in [2.75, 3.05) is 0 Å². The standard InChI is InChI=1S/C18H12Cl2FN5O4/c1-7(2)12-13(21)17(25-24-16(12)28)30-14-10(19)3-9(4-11(14)20)26-6-8(5-22)15(27)23-18(26)29/h3-4,6-7H,1-2H3,(H,24,28)(H,23,27,29)/i1D3. The largest absolute Gasteiger partial charge is 0.432 e. The quantitative estimate of drug-likeness (QED) is 0.622. The third-order valence-corrected chi connectivity index (χ3v) is 4.44. The molecule has 0 saturated heterocycles. The molecular formula is C18H12Cl2FN5O4. The van der Waals surface area contributed by atoms with Crippen molar-refractivity contribution in [1.82, 2.24) is 19.7 Å². The first-order chi connectivity index (χ1) is 15.3. The molecule has 0 bridgehead atoms. The molecule has 0 radical (unpaired) electrons. The second kappa shape index (κ2) is 8.14. The van der Waals surface area contributed by atoms with Crippen LogP contribution in [0.5, 0.6) is 11.6 Å². The van der Waals surface area contributed by atoms with E-state index in [1.54, 1.807) is 6.07 Å². The van der Waals surface area contributed by atoms with E-state index in [2.05, 4.69) is 5.10 Å². The first kappa shape index (κ1) is 17.4. The second-order valence-electron chi connectivity index (χ2n) is 5.93. The van der Waals surface area contributed by atoms with Crippen molar-refractivity contribution in [3.8, 4) is 23.4 Å². The van der Waals surface area contributed by atoms with Gasteiger partial charge in [0.1, 0.15) is 11.6 Å². The zero-order valence-corrected chi connectivity index (χ0v) is 16.4. The normalized spacial score (nSPS) is 13.6. The number of hydrogen-bond acceptors (Lipinski definition) is 6. The maximum Gasteiger partial charge on any atom is 0.332 e. The number of nitriles is 1. The van der Waals surface area contributed by atoms with Gasteiger partial charge in [-0.1, -0.05) is 37.0 Å². The highest BCUT2D eigenvalue weighted by molar-refractivity contribution is 6.37. The van der Waals surface area contributed by atoms with Gasteiger partial charge < -0.3 is 4.74 Å². The summed E-state index contributed by atoms with van der Waals surface area (Å²) in [6, 6.07) is 3.99. The molecule has 0 spiro atoms. The van der Waals surface area contributed by atoms with E-state index in [1.165, 1.54) is 12.1 Å². The first-order valence-electron chi connectivity index (χ1n) is 9.56. The third-order valence-electron chi connectivity index (χ3n) is 3.88. The summed E-state index contributed by atoms with van der Waals surface area (Å²) in [5.41, 5.74) is -3.79. The van der Waals surface area contributed by atoms with Crippen LogP contribution < -0.4 is 21.5 Å². The Morgan fingerprint density at radius 2 is 1.97 bits per heavy atom. The molecular weight excluding hydrogens is 440 g/mol. The van der Waals surface area contributed by atoms with E-state index in [1.807, 2.05) is 10.1 Å². The molecule has 3 aromatic rings. The Balaban J connectivity index is 2.08. The van der Waals surface area contributed by atoms with Crippen LogP contribution in [-0.4, -0.2) is 19.7 Å². The molecule has 1 unspecified atom stereocenters. The minimum Gasteiger partial charge on any atom is -0.432 e. The Hall–Kier alpha value is -3.42.